The van der Waals surface area contributed by atoms with E-state index >= 15 is 0 Å². The van der Waals surface area contributed by atoms with E-state index in [9.17, 15) is 4.79 Å². The second kappa shape index (κ2) is 4.57. The maximum absolute atomic E-state index is 12.1. The van der Waals surface area contributed by atoms with Crippen LogP contribution in [0.15, 0.2) is 48.8 Å². The summed E-state index contributed by atoms with van der Waals surface area (Å²) in [5.74, 6) is -0.117. The van der Waals surface area contributed by atoms with E-state index in [2.05, 4.69) is 15.3 Å². The van der Waals surface area contributed by atoms with Gasteiger partial charge in [-0.3, -0.25) is 9.78 Å². The Bertz CT molecular complexity index is 746. The summed E-state index contributed by atoms with van der Waals surface area (Å²) in [5, 5.41) is 3.89. The van der Waals surface area contributed by atoms with Crippen LogP contribution in [0.25, 0.3) is 10.9 Å². The lowest BCUT2D eigenvalue weighted by Crippen LogP contribution is -2.11. The van der Waals surface area contributed by atoms with E-state index in [1.807, 2.05) is 43.5 Å². The molecule has 0 saturated carbocycles. The SMILES string of the molecule is Cc1cc(NC(=O)c2ccc3[nH]ccc3c2)ccn1. The molecular weight excluding hydrogens is 238 g/mol. The zero-order valence-electron chi connectivity index (χ0n) is 10.5. The first-order chi connectivity index (χ1) is 9.22. The molecule has 0 fully saturated rings. The Morgan fingerprint density at radius 1 is 1.21 bits per heavy atom. The van der Waals surface area contributed by atoms with Gasteiger partial charge in [-0.1, -0.05) is 0 Å². The van der Waals surface area contributed by atoms with E-state index in [0.717, 1.165) is 22.3 Å². The van der Waals surface area contributed by atoms with E-state index < -0.39 is 0 Å². The Balaban J connectivity index is 1.87. The molecule has 0 bridgehead atoms. The van der Waals surface area contributed by atoms with Gasteiger partial charge >= 0.3 is 0 Å². The number of benzene rings is 1. The summed E-state index contributed by atoms with van der Waals surface area (Å²) in [7, 11) is 0. The van der Waals surface area contributed by atoms with E-state index in [4.69, 9.17) is 0 Å². The monoisotopic (exact) mass is 251 g/mol. The van der Waals surface area contributed by atoms with Crippen molar-refractivity contribution in [1.29, 1.82) is 0 Å². The Kier molecular flexibility index (Phi) is 2.76. The van der Waals surface area contributed by atoms with Crippen LogP contribution in [-0.2, 0) is 0 Å². The van der Waals surface area contributed by atoms with Crippen LogP contribution in [0.4, 0.5) is 5.69 Å². The van der Waals surface area contributed by atoms with Crippen LogP contribution in [0.1, 0.15) is 16.1 Å². The molecule has 0 aliphatic rings. The highest BCUT2D eigenvalue weighted by atomic mass is 16.1. The minimum absolute atomic E-state index is 0.117. The molecule has 0 unspecified atom stereocenters. The first-order valence-corrected chi connectivity index (χ1v) is 6.03. The van der Waals surface area contributed by atoms with Crippen LogP contribution in [-0.4, -0.2) is 15.9 Å². The van der Waals surface area contributed by atoms with Crippen LogP contribution < -0.4 is 5.32 Å². The Morgan fingerprint density at radius 2 is 2.11 bits per heavy atom. The number of carbonyl (C=O) groups excluding carboxylic acids is 1. The van der Waals surface area contributed by atoms with Gasteiger partial charge in [0.2, 0.25) is 0 Å². The molecule has 0 aliphatic carbocycles. The van der Waals surface area contributed by atoms with Gasteiger partial charge in [0.25, 0.3) is 5.91 Å². The van der Waals surface area contributed by atoms with Gasteiger partial charge in [0.15, 0.2) is 0 Å². The molecule has 0 spiro atoms. The second-order valence-electron chi connectivity index (χ2n) is 4.42. The summed E-state index contributed by atoms with van der Waals surface area (Å²) in [6, 6.07) is 11.1. The number of amides is 1. The van der Waals surface area contributed by atoms with Crippen LogP contribution in [0.3, 0.4) is 0 Å². The van der Waals surface area contributed by atoms with E-state index in [1.54, 1.807) is 12.3 Å². The standard InChI is InChI=1S/C15H13N3O/c1-10-8-13(5-7-16-10)18-15(19)12-2-3-14-11(9-12)4-6-17-14/h2-9,17H,1H3,(H,16,18,19). The summed E-state index contributed by atoms with van der Waals surface area (Å²) < 4.78 is 0. The number of pyridine rings is 1. The molecule has 1 aromatic carbocycles. The molecule has 0 aliphatic heterocycles. The van der Waals surface area contributed by atoms with Gasteiger partial charge in [0.05, 0.1) is 0 Å². The smallest absolute Gasteiger partial charge is 0.255 e. The normalized spacial score (nSPS) is 10.6. The molecule has 3 aromatic rings. The molecule has 4 nitrogen and oxygen atoms in total. The van der Waals surface area contributed by atoms with Crippen LogP contribution in [0.2, 0.25) is 0 Å². The molecule has 2 aromatic heterocycles. The van der Waals surface area contributed by atoms with Gasteiger partial charge in [-0.15, -0.1) is 0 Å². The maximum Gasteiger partial charge on any atom is 0.255 e. The van der Waals surface area contributed by atoms with E-state index in [-0.39, 0.29) is 5.91 Å². The number of carbonyl (C=O) groups is 1. The van der Waals surface area contributed by atoms with Gasteiger partial charge in [0.1, 0.15) is 0 Å². The minimum atomic E-state index is -0.117. The number of H-pyrrole nitrogens is 1. The van der Waals surface area contributed by atoms with Crippen LogP contribution in [0.5, 0.6) is 0 Å². The van der Waals surface area contributed by atoms with Crippen molar-refractivity contribution in [3.8, 4) is 0 Å². The highest BCUT2D eigenvalue weighted by molar-refractivity contribution is 6.06. The molecule has 19 heavy (non-hydrogen) atoms. The Labute approximate surface area is 110 Å². The number of aryl methyl sites for hydroxylation is 1. The zero-order chi connectivity index (χ0) is 13.2. The molecule has 4 heteroatoms. The van der Waals surface area contributed by atoms with Crippen molar-refractivity contribution in [3.05, 3.63) is 60.0 Å². The lowest BCUT2D eigenvalue weighted by molar-refractivity contribution is 0.102. The number of aromatic amines is 1. The number of nitrogens with zero attached hydrogens (tertiary/aromatic N) is 1. The molecule has 94 valence electrons. The van der Waals surface area contributed by atoms with E-state index in [0.29, 0.717) is 5.56 Å². The first-order valence-electron chi connectivity index (χ1n) is 6.03. The number of nitrogens with one attached hydrogen (secondary N) is 2. The number of fused-ring (bicyclic) bond motifs is 1. The van der Waals surface area contributed by atoms with Crippen molar-refractivity contribution in [2.45, 2.75) is 6.92 Å². The third-order valence-corrected chi connectivity index (χ3v) is 2.97. The fourth-order valence-electron chi connectivity index (χ4n) is 2.02. The predicted molar refractivity (Wildman–Crippen MR) is 75.2 cm³/mol. The lowest BCUT2D eigenvalue weighted by Gasteiger charge is -2.05. The fourth-order valence-corrected chi connectivity index (χ4v) is 2.02. The zero-order valence-corrected chi connectivity index (χ0v) is 10.5. The first kappa shape index (κ1) is 11.5. The minimum Gasteiger partial charge on any atom is -0.361 e. The summed E-state index contributed by atoms with van der Waals surface area (Å²) in [4.78, 5) is 19.4. The Morgan fingerprint density at radius 3 is 2.95 bits per heavy atom. The predicted octanol–water partition coefficient (Wildman–Crippen LogP) is 3.12. The molecule has 1 amide bonds. The molecule has 0 radical (unpaired) electrons. The summed E-state index contributed by atoms with van der Waals surface area (Å²) in [6.07, 6.45) is 3.54. The van der Waals surface area contributed by atoms with Gasteiger partial charge in [-0.25, -0.2) is 0 Å². The third-order valence-electron chi connectivity index (χ3n) is 2.97. The molecule has 2 heterocycles. The molecule has 2 N–H and O–H groups in total. The third kappa shape index (κ3) is 2.33. The highest BCUT2D eigenvalue weighted by Crippen LogP contribution is 2.16. The van der Waals surface area contributed by atoms with Gasteiger partial charge < -0.3 is 10.3 Å². The topological polar surface area (TPSA) is 57.8 Å². The fraction of sp³-hybridized carbons (Fsp3) is 0.0667. The lowest BCUT2D eigenvalue weighted by atomic mass is 10.1. The van der Waals surface area contributed by atoms with Crippen molar-refractivity contribution in [2.75, 3.05) is 5.32 Å². The van der Waals surface area contributed by atoms with Gasteiger partial charge in [-0.2, -0.15) is 0 Å². The average molecular weight is 251 g/mol. The van der Waals surface area contributed by atoms with Crippen molar-refractivity contribution < 1.29 is 4.79 Å². The number of hydrogen-bond acceptors (Lipinski definition) is 2. The van der Waals surface area contributed by atoms with Crippen LogP contribution >= 0.6 is 0 Å². The summed E-state index contributed by atoms with van der Waals surface area (Å²) in [6.45, 7) is 1.89. The van der Waals surface area contributed by atoms with E-state index in [1.165, 1.54) is 0 Å². The molecular formula is C15H13N3O. The molecule has 0 atom stereocenters. The molecule has 3 rings (SSSR count). The number of rotatable bonds is 2. The summed E-state index contributed by atoms with van der Waals surface area (Å²) in [5.41, 5.74) is 3.29. The number of hydrogen-bond donors (Lipinski definition) is 2. The van der Waals surface area contributed by atoms with Gasteiger partial charge in [-0.05, 0) is 43.3 Å². The largest absolute Gasteiger partial charge is 0.361 e. The average Bonchev–Trinajstić information content (AvgIpc) is 2.85. The van der Waals surface area contributed by atoms with Crippen molar-refractivity contribution in [3.63, 3.8) is 0 Å². The number of anilines is 1. The summed E-state index contributed by atoms with van der Waals surface area (Å²) >= 11 is 0. The van der Waals surface area contributed by atoms with Crippen LogP contribution in [0, 0.1) is 6.92 Å². The highest BCUT2D eigenvalue weighted by Gasteiger charge is 2.07. The second-order valence-corrected chi connectivity index (χ2v) is 4.42. The quantitative estimate of drug-likeness (QED) is 0.735. The van der Waals surface area contributed by atoms with Gasteiger partial charge in [0, 0.05) is 40.2 Å². The van der Waals surface area contributed by atoms with Crippen molar-refractivity contribution >= 4 is 22.5 Å². The van der Waals surface area contributed by atoms with Crippen molar-refractivity contribution in [2.24, 2.45) is 0 Å². The maximum atomic E-state index is 12.1. The van der Waals surface area contributed by atoms with Crippen molar-refractivity contribution in [1.82, 2.24) is 9.97 Å². The molecule has 0 saturated heterocycles. The Hall–Kier alpha value is -2.62. The number of aromatic nitrogens is 2.